The molecule has 0 radical (unpaired) electrons. The number of aromatic nitrogens is 2. The molecule has 0 unspecified atom stereocenters. The zero-order chi connectivity index (χ0) is 12.7. The lowest BCUT2D eigenvalue weighted by atomic mass is 9.94. The summed E-state index contributed by atoms with van der Waals surface area (Å²) >= 11 is 0. The summed E-state index contributed by atoms with van der Waals surface area (Å²) in [6.45, 7) is 3.64. The number of benzene rings is 1. The van der Waals surface area contributed by atoms with E-state index in [9.17, 15) is 0 Å². The van der Waals surface area contributed by atoms with Crippen molar-refractivity contribution in [2.45, 2.75) is 12.3 Å². The van der Waals surface area contributed by atoms with Gasteiger partial charge in [-0.25, -0.2) is 0 Å². The maximum absolute atomic E-state index is 5.30. The van der Waals surface area contributed by atoms with Gasteiger partial charge in [-0.3, -0.25) is 5.10 Å². The smallest absolute Gasteiger partial charge is 0.0963 e. The SMILES string of the molecule is C1=C(c2[nH]nc3c(C4COC4)cccc23)CNCC1. The largest absolute Gasteiger partial charge is 0.380 e. The molecular formula is C15H17N3O. The Kier molecular flexibility index (Phi) is 2.64. The predicted molar refractivity (Wildman–Crippen MR) is 75.1 cm³/mol. The number of ether oxygens (including phenoxy) is 1. The highest BCUT2D eigenvalue weighted by Gasteiger charge is 2.24. The maximum Gasteiger partial charge on any atom is 0.0963 e. The van der Waals surface area contributed by atoms with Crippen LogP contribution in [-0.4, -0.2) is 36.5 Å². The van der Waals surface area contributed by atoms with E-state index in [4.69, 9.17) is 4.74 Å². The lowest BCUT2D eigenvalue weighted by Crippen LogP contribution is -2.25. The van der Waals surface area contributed by atoms with E-state index in [1.165, 1.54) is 22.2 Å². The average molecular weight is 255 g/mol. The monoisotopic (exact) mass is 255 g/mol. The number of H-pyrrole nitrogens is 1. The van der Waals surface area contributed by atoms with Crippen LogP contribution in [0.25, 0.3) is 16.5 Å². The standard InChI is InChI=1S/C15H17N3O/c1-4-12(11-8-19-9-11)15-13(5-1)14(17-18-15)10-3-2-6-16-7-10/h1,3-5,11,16H,2,6-9H2,(H,17,18). The van der Waals surface area contributed by atoms with Gasteiger partial charge in [-0.15, -0.1) is 0 Å². The van der Waals surface area contributed by atoms with Crippen molar-refractivity contribution in [3.05, 3.63) is 35.5 Å². The second-order valence-corrected chi connectivity index (χ2v) is 5.27. The summed E-state index contributed by atoms with van der Waals surface area (Å²) in [5.74, 6) is 0.512. The van der Waals surface area contributed by atoms with Crippen LogP contribution in [0.4, 0.5) is 0 Å². The lowest BCUT2D eigenvalue weighted by molar-refractivity contribution is 0.00893. The van der Waals surface area contributed by atoms with Crippen molar-refractivity contribution in [2.75, 3.05) is 26.3 Å². The molecule has 2 aromatic rings. The Hall–Kier alpha value is -1.65. The first-order valence-corrected chi connectivity index (χ1v) is 6.88. The summed E-state index contributed by atoms with van der Waals surface area (Å²) in [7, 11) is 0. The second kappa shape index (κ2) is 4.47. The zero-order valence-corrected chi connectivity index (χ0v) is 10.8. The number of hydrogen-bond donors (Lipinski definition) is 2. The van der Waals surface area contributed by atoms with Crippen LogP contribution < -0.4 is 5.32 Å². The Morgan fingerprint density at radius 3 is 2.95 bits per heavy atom. The minimum Gasteiger partial charge on any atom is -0.380 e. The van der Waals surface area contributed by atoms with E-state index in [-0.39, 0.29) is 0 Å². The molecule has 3 heterocycles. The van der Waals surface area contributed by atoms with Crippen LogP contribution in [0.15, 0.2) is 24.3 Å². The molecule has 2 N–H and O–H groups in total. The molecule has 0 saturated carbocycles. The van der Waals surface area contributed by atoms with Gasteiger partial charge >= 0.3 is 0 Å². The minimum atomic E-state index is 0.512. The van der Waals surface area contributed by atoms with Crippen LogP contribution in [0.5, 0.6) is 0 Å². The number of hydrogen-bond acceptors (Lipinski definition) is 3. The van der Waals surface area contributed by atoms with E-state index in [1.54, 1.807) is 0 Å². The van der Waals surface area contributed by atoms with Crippen molar-refractivity contribution in [3.8, 4) is 0 Å². The van der Waals surface area contributed by atoms with Crippen LogP contribution in [0.1, 0.15) is 23.6 Å². The number of nitrogens with one attached hydrogen (secondary N) is 2. The third-order valence-electron chi connectivity index (χ3n) is 4.04. The first kappa shape index (κ1) is 11.2. The third kappa shape index (κ3) is 1.79. The van der Waals surface area contributed by atoms with Gasteiger partial charge in [-0.2, -0.15) is 5.10 Å². The highest BCUT2D eigenvalue weighted by Crippen LogP contribution is 2.32. The predicted octanol–water partition coefficient (Wildman–Crippen LogP) is 2.05. The maximum atomic E-state index is 5.30. The summed E-state index contributed by atoms with van der Waals surface area (Å²) in [5, 5.41) is 12.4. The number of para-hydroxylation sites is 1. The van der Waals surface area contributed by atoms with Crippen LogP contribution in [0.3, 0.4) is 0 Å². The van der Waals surface area contributed by atoms with Crippen LogP contribution in [-0.2, 0) is 4.74 Å². The Balaban J connectivity index is 1.83. The van der Waals surface area contributed by atoms with Crippen molar-refractivity contribution >= 4 is 16.5 Å². The van der Waals surface area contributed by atoms with E-state index in [1.807, 2.05) is 0 Å². The summed E-state index contributed by atoms with van der Waals surface area (Å²) in [6.07, 6.45) is 3.40. The molecule has 0 aliphatic carbocycles. The molecule has 1 fully saturated rings. The molecule has 4 heteroatoms. The topological polar surface area (TPSA) is 49.9 Å². The van der Waals surface area contributed by atoms with Gasteiger partial charge in [0.15, 0.2) is 0 Å². The molecule has 4 rings (SSSR count). The van der Waals surface area contributed by atoms with Gasteiger partial charge in [0.25, 0.3) is 0 Å². The molecule has 1 aromatic carbocycles. The molecule has 1 saturated heterocycles. The van der Waals surface area contributed by atoms with Crippen molar-refractivity contribution in [2.24, 2.45) is 0 Å². The first-order chi connectivity index (χ1) is 9.43. The molecule has 0 spiro atoms. The Labute approximate surface area is 111 Å². The summed E-state index contributed by atoms with van der Waals surface area (Å²) in [5.41, 5.74) is 4.92. The van der Waals surface area contributed by atoms with Crippen LogP contribution in [0, 0.1) is 0 Å². The molecule has 4 nitrogen and oxygen atoms in total. The van der Waals surface area contributed by atoms with Crippen molar-refractivity contribution in [1.29, 1.82) is 0 Å². The van der Waals surface area contributed by atoms with Gasteiger partial charge in [-0.05, 0) is 24.1 Å². The fourth-order valence-corrected chi connectivity index (χ4v) is 2.88. The number of rotatable bonds is 2. The molecular weight excluding hydrogens is 238 g/mol. The number of aromatic amines is 1. The van der Waals surface area contributed by atoms with Crippen LogP contribution in [0.2, 0.25) is 0 Å². The van der Waals surface area contributed by atoms with E-state index in [0.29, 0.717) is 5.92 Å². The van der Waals surface area contributed by atoms with E-state index in [0.717, 1.165) is 38.2 Å². The second-order valence-electron chi connectivity index (χ2n) is 5.27. The molecule has 0 amide bonds. The molecule has 98 valence electrons. The van der Waals surface area contributed by atoms with Gasteiger partial charge in [0, 0.05) is 17.8 Å². The van der Waals surface area contributed by atoms with E-state index in [2.05, 4.69) is 39.8 Å². The van der Waals surface area contributed by atoms with Gasteiger partial charge in [0.05, 0.1) is 24.4 Å². The Morgan fingerprint density at radius 2 is 2.21 bits per heavy atom. The molecule has 0 atom stereocenters. The van der Waals surface area contributed by atoms with Crippen LogP contribution >= 0.6 is 0 Å². The van der Waals surface area contributed by atoms with Gasteiger partial charge in [0.2, 0.25) is 0 Å². The summed E-state index contributed by atoms with van der Waals surface area (Å²) < 4.78 is 5.30. The molecule has 1 aromatic heterocycles. The van der Waals surface area contributed by atoms with Gasteiger partial charge in [0.1, 0.15) is 0 Å². The summed E-state index contributed by atoms with van der Waals surface area (Å²) in [4.78, 5) is 0. The molecule has 0 bridgehead atoms. The van der Waals surface area contributed by atoms with E-state index >= 15 is 0 Å². The minimum absolute atomic E-state index is 0.512. The number of fused-ring (bicyclic) bond motifs is 1. The fraction of sp³-hybridized carbons (Fsp3) is 0.400. The Morgan fingerprint density at radius 1 is 1.26 bits per heavy atom. The number of nitrogens with zero attached hydrogens (tertiary/aromatic N) is 1. The zero-order valence-electron chi connectivity index (χ0n) is 10.8. The van der Waals surface area contributed by atoms with E-state index < -0.39 is 0 Å². The van der Waals surface area contributed by atoms with Gasteiger partial charge < -0.3 is 10.1 Å². The van der Waals surface area contributed by atoms with Gasteiger partial charge in [-0.1, -0.05) is 24.3 Å². The average Bonchev–Trinajstić information content (AvgIpc) is 2.83. The normalized spacial score (nSPS) is 20.3. The highest BCUT2D eigenvalue weighted by atomic mass is 16.5. The quantitative estimate of drug-likeness (QED) is 0.863. The van der Waals surface area contributed by atoms with Crippen molar-refractivity contribution in [3.63, 3.8) is 0 Å². The fourth-order valence-electron chi connectivity index (χ4n) is 2.88. The molecule has 19 heavy (non-hydrogen) atoms. The molecule has 2 aliphatic rings. The van der Waals surface area contributed by atoms with Crippen molar-refractivity contribution in [1.82, 2.24) is 15.5 Å². The van der Waals surface area contributed by atoms with Crippen molar-refractivity contribution < 1.29 is 4.74 Å². The third-order valence-corrected chi connectivity index (χ3v) is 4.04. The first-order valence-electron chi connectivity index (χ1n) is 6.88. The Bertz CT molecular complexity index is 640. The molecule has 2 aliphatic heterocycles. The highest BCUT2D eigenvalue weighted by molar-refractivity contribution is 5.93. The lowest BCUT2D eigenvalue weighted by Gasteiger charge is -2.26. The summed E-state index contributed by atoms with van der Waals surface area (Å²) in [6, 6.07) is 6.46.